The molecule has 2 aromatic carbocycles. The van der Waals surface area contributed by atoms with Gasteiger partial charge in [0.15, 0.2) is 11.5 Å². The Hall–Kier alpha value is -3.55. The summed E-state index contributed by atoms with van der Waals surface area (Å²) in [5.41, 5.74) is 3.87. The molecule has 8 nitrogen and oxygen atoms in total. The van der Waals surface area contributed by atoms with Gasteiger partial charge in [0.1, 0.15) is 11.8 Å². The van der Waals surface area contributed by atoms with Gasteiger partial charge in [0.25, 0.3) is 5.91 Å². The quantitative estimate of drug-likeness (QED) is 0.496. The van der Waals surface area contributed by atoms with Gasteiger partial charge >= 0.3 is 0 Å². The van der Waals surface area contributed by atoms with E-state index in [2.05, 4.69) is 15.8 Å². The number of nitrogens with zero attached hydrogens (tertiary/aromatic N) is 1. The molecule has 154 valence electrons. The second-order valence-corrected chi connectivity index (χ2v) is 6.13. The van der Waals surface area contributed by atoms with E-state index in [9.17, 15) is 9.59 Å². The first kappa shape index (κ1) is 21.7. The summed E-state index contributed by atoms with van der Waals surface area (Å²) in [6, 6.07) is 11.7. The van der Waals surface area contributed by atoms with Gasteiger partial charge in [0, 0.05) is 5.56 Å². The van der Waals surface area contributed by atoms with Crippen LogP contribution >= 0.6 is 0 Å². The number of nitrogens with one attached hydrogen (secondary N) is 2. The first-order valence-corrected chi connectivity index (χ1v) is 8.94. The first-order valence-electron chi connectivity index (χ1n) is 8.94. The van der Waals surface area contributed by atoms with Crippen LogP contribution in [0.4, 0.5) is 0 Å². The van der Waals surface area contributed by atoms with Gasteiger partial charge in [0.05, 0.1) is 34.0 Å². The molecule has 0 aliphatic carbocycles. The summed E-state index contributed by atoms with van der Waals surface area (Å²) in [6.07, 6.45) is 1.61. The molecule has 0 aliphatic heterocycles. The zero-order valence-electron chi connectivity index (χ0n) is 16.9. The van der Waals surface area contributed by atoms with Crippen LogP contribution in [0.25, 0.3) is 0 Å². The van der Waals surface area contributed by atoms with Crippen molar-refractivity contribution in [3.63, 3.8) is 0 Å². The van der Waals surface area contributed by atoms with Crippen LogP contribution in [0.2, 0.25) is 0 Å². The second-order valence-electron chi connectivity index (χ2n) is 6.13. The predicted molar refractivity (Wildman–Crippen MR) is 110 cm³/mol. The third-order valence-electron chi connectivity index (χ3n) is 4.11. The number of carbonyl (C=O) groups is 2. The standard InChI is InChI=1S/C21H25N3O5/c1-14(23-19(25)12-15-8-10-17(27-2)11-9-15)21(26)24-22-13-16-6-5-7-18(28-3)20(16)29-4/h5-11,13-14H,12H2,1-4H3,(H,23,25)(H,24,26). The molecule has 0 saturated heterocycles. The molecule has 0 aliphatic rings. The van der Waals surface area contributed by atoms with E-state index in [1.54, 1.807) is 56.5 Å². The van der Waals surface area contributed by atoms with E-state index in [4.69, 9.17) is 14.2 Å². The maximum Gasteiger partial charge on any atom is 0.262 e. The summed E-state index contributed by atoms with van der Waals surface area (Å²) in [6.45, 7) is 1.59. The van der Waals surface area contributed by atoms with E-state index in [1.165, 1.54) is 20.4 Å². The van der Waals surface area contributed by atoms with Gasteiger partial charge in [-0.1, -0.05) is 18.2 Å². The Labute approximate surface area is 169 Å². The lowest BCUT2D eigenvalue weighted by Crippen LogP contribution is -2.43. The molecular weight excluding hydrogens is 374 g/mol. The van der Waals surface area contributed by atoms with Gasteiger partial charge in [-0.2, -0.15) is 5.10 Å². The molecule has 2 amide bonds. The van der Waals surface area contributed by atoms with Crippen molar-refractivity contribution in [2.24, 2.45) is 5.10 Å². The molecule has 0 saturated carbocycles. The van der Waals surface area contributed by atoms with Crippen LogP contribution in [-0.4, -0.2) is 45.4 Å². The van der Waals surface area contributed by atoms with Gasteiger partial charge in [0.2, 0.25) is 5.91 Å². The minimum absolute atomic E-state index is 0.159. The Balaban J connectivity index is 1.88. The number of amides is 2. The van der Waals surface area contributed by atoms with Crippen LogP contribution in [0.15, 0.2) is 47.6 Å². The summed E-state index contributed by atoms with van der Waals surface area (Å²) in [4.78, 5) is 24.3. The van der Waals surface area contributed by atoms with Crippen molar-refractivity contribution in [3.8, 4) is 17.2 Å². The maximum absolute atomic E-state index is 12.2. The molecule has 2 aromatic rings. The summed E-state index contributed by atoms with van der Waals surface area (Å²) in [5.74, 6) is 1.07. The number of methoxy groups -OCH3 is 3. The van der Waals surface area contributed by atoms with Crippen molar-refractivity contribution in [1.82, 2.24) is 10.7 Å². The van der Waals surface area contributed by atoms with Crippen LogP contribution in [0, 0.1) is 0 Å². The SMILES string of the molecule is COc1ccc(CC(=O)NC(C)C(=O)NN=Cc2cccc(OC)c2OC)cc1. The van der Waals surface area contributed by atoms with Crippen molar-refractivity contribution in [2.75, 3.05) is 21.3 Å². The van der Waals surface area contributed by atoms with Crippen LogP contribution in [0.3, 0.4) is 0 Å². The van der Waals surface area contributed by atoms with Crippen molar-refractivity contribution in [1.29, 1.82) is 0 Å². The fourth-order valence-corrected chi connectivity index (χ4v) is 2.56. The van der Waals surface area contributed by atoms with Crippen LogP contribution in [0.1, 0.15) is 18.1 Å². The van der Waals surface area contributed by atoms with E-state index in [-0.39, 0.29) is 12.3 Å². The van der Waals surface area contributed by atoms with E-state index in [0.717, 1.165) is 5.56 Å². The van der Waals surface area contributed by atoms with Crippen molar-refractivity contribution in [3.05, 3.63) is 53.6 Å². The average molecular weight is 399 g/mol. The molecule has 0 fully saturated rings. The largest absolute Gasteiger partial charge is 0.497 e. The Morgan fingerprint density at radius 1 is 1.03 bits per heavy atom. The third kappa shape index (κ3) is 6.24. The highest BCUT2D eigenvalue weighted by Gasteiger charge is 2.15. The number of hydrogen-bond donors (Lipinski definition) is 2. The average Bonchev–Trinajstić information content (AvgIpc) is 2.73. The molecule has 1 atom stereocenters. The molecule has 0 heterocycles. The second kappa shape index (κ2) is 10.7. The van der Waals surface area contributed by atoms with Crippen molar-refractivity contribution < 1.29 is 23.8 Å². The molecule has 0 aromatic heterocycles. The Bertz CT molecular complexity index is 865. The lowest BCUT2D eigenvalue weighted by atomic mass is 10.1. The predicted octanol–water partition coefficient (Wildman–Crippen LogP) is 1.91. The molecule has 8 heteroatoms. The lowest BCUT2D eigenvalue weighted by molar-refractivity contribution is -0.128. The highest BCUT2D eigenvalue weighted by atomic mass is 16.5. The number of carbonyl (C=O) groups excluding carboxylic acids is 2. The molecule has 1 unspecified atom stereocenters. The summed E-state index contributed by atoms with van der Waals surface area (Å²) >= 11 is 0. The van der Waals surface area contributed by atoms with E-state index < -0.39 is 11.9 Å². The molecule has 0 spiro atoms. The highest BCUT2D eigenvalue weighted by molar-refractivity contribution is 5.90. The number of benzene rings is 2. The number of hydrazone groups is 1. The van der Waals surface area contributed by atoms with Gasteiger partial charge in [-0.05, 0) is 36.8 Å². The number of ether oxygens (including phenoxy) is 3. The highest BCUT2D eigenvalue weighted by Crippen LogP contribution is 2.29. The third-order valence-corrected chi connectivity index (χ3v) is 4.11. The molecule has 2 N–H and O–H groups in total. The minimum atomic E-state index is -0.745. The van der Waals surface area contributed by atoms with Crippen LogP contribution < -0.4 is 25.0 Å². The van der Waals surface area contributed by atoms with Crippen molar-refractivity contribution >= 4 is 18.0 Å². The number of para-hydroxylation sites is 1. The Morgan fingerprint density at radius 3 is 2.38 bits per heavy atom. The van der Waals surface area contributed by atoms with Crippen LogP contribution in [0.5, 0.6) is 17.2 Å². The summed E-state index contributed by atoms with van der Waals surface area (Å²) in [5, 5.41) is 6.58. The summed E-state index contributed by atoms with van der Waals surface area (Å²) < 4.78 is 15.6. The van der Waals surface area contributed by atoms with Gasteiger partial charge in [-0.15, -0.1) is 0 Å². The maximum atomic E-state index is 12.2. The number of hydrogen-bond acceptors (Lipinski definition) is 6. The fraction of sp³-hybridized carbons (Fsp3) is 0.286. The molecule has 0 radical (unpaired) electrons. The summed E-state index contributed by atoms with van der Waals surface area (Å²) in [7, 11) is 4.64. The van der Waals surface area contributed by atoms with Gasteiger partial charge in [-0.25, -0.2) is 5.43 Å². The van der Waals surface area contributed by atoms with Gasteiger partial charge in [-0.3, -0.25) is 9.59 Å². The van der Waals surface area contributed by atoms with Crippen LogP contribution in [-0.2, 0) is 16.0 Å². The molecule has 0 bridgehead atoms. The number of rotatable bonds is 9. The monoisotopic (exact) mass is 399 g/mol. The topological polar surface area (TPSA) is 98.2 Å². The fourth-order valence-electron chi connectivity index (χ4n) is 2.56. The molecule has 29 heavy (non-hydrogen) atoms. The van der Waals surface area contributed by atoms with E-state index in [0.29, 0.717) is 22.8 Å². The zero-order chi connectivity index (χ0) is 21.2. The normalized spacial score (nSPS) is 11.6. The Kier molecular flexibility index (Phi) is 8.02. The van der Waals surface area contributed by atoms with Crippen molar-refractivity contribution in [2.45, 2.75) is 19.4 Å². The van der Waals surface area contributed by atoms with E-state index >= 15 is 0 Å². The first-order chi connectivity index (χ1) is 14.0. The van der Waals surface area contributed by atoms with Gasteiger partial charge < -0.3 is 19.5 Å². The zero-order valence-corrected chi connectivity index (χ0v) is 16.9. The minimum Gasteiger partial charge on any atom is -0.497 e. The lowest BCUT2D eigenvalue weighted by Gasteiger charge is -2.12. The van der Waals surface area contributed by atoms with E-state index in [1.807, 2.05) is 0 Å². The Morgan fingerprint density at radius 2 is 1.76 bits per heavy atom. The molecular formula is C21H25N3O5. The molecule has 2 rings (SSSR count). The smallest absolute Gasteiger partial charge is 0.262 e.